The van der Waals surface area contributed by atoms with Crippen molar-refractivity contribution in [2.45, 2.75) is 6.04 Å². The number of thiazole rings is 1. The second-order valence-electron chi connectivity index (χ2n) is 8.71. The standard InChI is InChI=1S/C27H19N3O8S/c1-36-17-7-8-18-21(13-17)39-27(28-18)29-23(14-2-5-16(6-3-14)30(34)35)22(25(32)26(29)33)24(31)15-4-9-19-20(12-15)38-11-10-37-19/h2-9,12-13,23,31H,10-11H2,1H3/b24-22+. The SMILES string of the molecule is COc1ccc2nc(N3C(=O)C(=O)/C(=C(/O)c4ccc5c(c4)OCCO5)C3c3ccc([N+](=O)[O-])cc3)sc2c1. The zero-order valence-corrected chi connectivity index (χ0v) is 21.1. The number of carbonyl (C=O) groups is 2. The van der Waals surface area contributed by atoms with Crippen LogP contribution in [0.1, 0.15) is 17.2 Å². The normalized spacial score (nSPS) is 18.0. The topological polar surface area (TPSA) is 141 Å². The lowest BCUT2D eigenvalue weighted by Crippen LogP contribution is -2.29. The molecule has 0 bridgehead atoms. The Kier molecular flexibility index (Phi) is 5.88. The molecular formula is C27H19N3O8S. The molecule has 12 heteroatoms. The number of aromatic nitrogens is 1. The number of hydrogen-bond acceptors (Lipinski definition) is 10. The summed E-state index contributed by atoms with van der Waals surface area (Å²) in [6, 6.07) is 14.3. The number of fused-ring (bicyclic) bond motifs is 2. The van der Waals surface area contributed by atoms with Crippen LogP contribution in [0.15, 0.2) is 66.2 Å². The molecular weight excluding hydrogens is 526 g/mol. The number of aliphatic hydroxyl groups excluding tert-OH is 1. The second kappa shape index (κ2) is 9.40. The van der Waals surface area contributed by atoms with Crippen LogP contribution >= 0.6 is 11.3 Å². The first-order chi connectivity index (χ1) is 18.9. The lowest BCUT2D eigenvalue weighted by atomic mass is 9.95. The number of rotatable bonds is 5. The molecule has 39 heavy (non-hydrogen) atoms. The molecule has 1 fully saturated rings. The van der Waals surface area contributed by atoms with E-state index in [0.29, 0.717) is 41.5 Å². The third-order valence-corrected chi connectivity index (χ3v) is 7.49. The molecule has 0 aliphatic carbocycles. The van der Waals surface area contributed by atoms with E-state index < -0.39 is 28.4 Å². The second-order valence-corrected chi connectivity index (χ2v) is 9.72. The number of hydrogen-bond donors (Lipinski definition) is 1. The Morgan fingerprint density at radius 2 is 1.82 bits per heavy atom. The number of ketones is 1. The summed E-state index contributed by atoms with van der Waals surface area (Å²) < 4.78 is 17.2. The molecule has 1 unspecified atom stereocenters. The predicted molar refractivity (Wildman–Crippen MR) is 141 cm³/mol. The highest BCUT2D eigenvalue weighted by atomic mass is 32.1. The summed E-state index contributed by atoms with van der Waals surface area (Å²) in [6.45, 7) is 0.713. The summed E-state index contributed by atoms with van der Waals surface area (Å²) in [5, 5.41) is 22.9. The molecule has 2 aliphatic rings. The molecule has 196 valence electrons. The van der Waals surface area contributed by atoms with Gasteiger partial charge in [0.1, 0.15) is 24.7 Å². The number of non-ortho nitro benzene ring substituents is 1. The lowest BCUT2D eigenvalue weighted by Gasteiger charge is -2.23. The number of aliphatic hydroxyl groups is 1. The molecule has 3 aromatic carbocycles. The van der Waals surface area contributed by atoms with Crippen LogP contribution in [0, 0.1) is 10.1 Å². The molecule has 1 aromatic heterocycles. The fourth-order valence-corrected chi connectivity index (χ4v) is 5.61. The maximum atomic E-state index is 13.5. The van der Waals surface area contributed by atoms with Gasteiger partial charge in [0, 0.05) is 17.7 Å². The van der Waals surface area contributed by atoms with Crippen LogP contribution in [0.5, 0.6) is 17.2 Å². The third-order valence-electron chi connectivity index (χ3n) is 6.47. The van der Waals surface area contributed by atoms with Crippen molar-refractivity contribution in [3.63, 3.8) is 0 Å². The van der Waals surface area contributed by atoms with E-state index in [0.717, 1.165) is 4.70 Å². The van der Waals surface area contributed by atoms with Crippen LogP contribution in [0.2, 0.25) is 0 Å². The van der Waals surface area contributed by atoms with Crippen LogP contribution in [0.4, 0.5) is 10.8 Å². The lowest BCUT2D eigenvalue weighted by molar-refractivity contribution is -0.384. The Hall–Kier alpha value is -4.97. The summed E-state index contributed by atoms with van der Waals surface area (Å²) in [5.74, 6) is -0.725. The zero-order chi connectivity index (χ0) is 27.3. The van der Waals surface area contributed by atoms with Gasteiger partial charge >= 0.3 is 5.91 Å². The molecule has 11 nitrogen and oxygen atoms in total. The van der Waals surface area contributed by atoms with Gasteiger partial charge in [-0.05, 0) is 54.1 Å². The highest BCUT2D eigenvalue weighted by Crippen LogP contribution is 2.45. The summed E-state index contributed by atoms with van der Waals surface area (Å²) in [6.07, 6.45) is 0. The average Bonchev–Trinajstić information content (AvgIpc) is 3.49. The molecule has 6 rings (SSSR count). The number of nitrogens with zero attached hydrogens (tertiary/aromatic N) is 3. The molecule has 0 saturated carbocycles. The number of carbonyl (C=O) groups excluding carboxylic acids is 2. The Balaban J connectivity index is 1.53. The summed E-state index contributed by atoms with van der Waals surface area (Å²) in [7, 11) is 1.54. The van der Waals surface area contributed by atoms with Crippen LogP contribution < -0.4 is 19.1 Å². The first-order valence-corrected chi connectivity index (χ1v) is 12.6. The highest BCUT2D eigenvalue weighted by Gasteiger charge is 2.48. The van der Waals surface area contributed by atoms with Crippen LogP contribution in [-0.2, 0) is 9.59 Å². The number of benzene rings is 3. The minimum absolute atomic E-state index is 0.158. The largest absolute Gasteiger partial charge is 0.507 e. The fourth-order valence-electron chi connectivity index (χ4n) is 4.59. The predicted octanol–water partition coefficient (Wildman–Crippen LogP) is 4.61. The van der Waals surface area contributed by atoms with E-state index in [4.69, 9.17) is 14.2 Å². The minimum atomic E-state index is -1.10. The van der Waals surface area contributed by atoms with Crippen molar-refractivity contribution in [2.75, 3.05) is 25.2 Å². The van der Waals surface area contributed by atoms with E-state index in [1.54, 1.807) is 30.3 Å². The Morgan fingerprint density at radius 1 is 1.08 bits per heavy atom. The first-order valence-electron chi connectivity index (χ1n) is 11.8. The van der Waals surface area contributed by atoms with Crippen LogP contribution in [0.3, 0.4) is 0 Å². The van der Waals surface area contributed by atoms with Crippen molar-refractivity contribution in [2.24, 2.45) is 0 Å². The molecule has 0 radical (unpaired) electrons. The van der Waals surface area contributed by atoms with E-state index in [1.165, 1.54) is 53.7 Å². The van der Waals surface area contributed by atoms with Gasteiger partial charge < -0.3 is 19.3 Å². The summed E-state index contributed by atoms with van der Waals surface area (Å²) in [5.41, 5.74) is 0.887. The molecule has 1 amide bonds. The number of ether oxygens (including phenoxy) is 3. The van der Waals surface area contributed by atoms with Gasteiger partial charge in [-0.3, -0.25) is 24.6 Å². The molecule has 4 aromatic rings. The number of methoxy groups -OCH3 is 1. The number of Topliss-reactive ketones (excluding diaryl/α,β-unsaturated/α-hetero) is 1. The van der Waals surface area contributed by atoms with E-state index in [-0.39, 0.29) is 22.0 Å². The summed E-state index contributed by atoms with van der Waals surface area (Å²) in [4.78, 5) is 43.4. The van der Waals surface area contributed by atoms with Gasteiger partial charge in [-0.2, -0.15) is 0 Å². The Morgan fingerprint density at radius 3 is 2.54 bits per heavy atom. The van der Waals surface area contributed by atoms with Gasteiger partial charge in [0.05, 0.1) is 33.9 Å². The van der Waals surface area contributed by atoms with Crippen molar-refractivity contribution in [3.05, 3.63) is 87.5 Å². The van der Waals surface area contributed by atoms with Crippen molar-refractivity contribution in [1.29, 1.82) is 0 Å². The van der Waals surface area contributed by atoms with Crippen molar-refractivity contribution in [3.8, 4) is 17.2 Å². The van der Waals surface area contributed by atoms with Crippen molar-refractivity contribution < 1.29 is 33.8 Å². The van der Waals surface area contributed by atoms with Gasteiger partial charge in [0.25, 0.3) is 11.5 Å². The van der Waals surface area contributed by atoms with Gasteiger partial charge in [-0.25, -0.2) is 4.98 Å². The maximum absolute atomic E-state index is 13.5. The first kappa shape index (κ1) is 24.4. The van der Waals surface area contributed by atoms with Gasteiger partial charge in [-0.1, -0.05) is 11.3 Å². The Bertz CT molecular complexity index is 1700. The van der Waals surface area contributed by atoms with E-state index in [1.807, 2.05) is 0 Å². The fraction of sp³-hybridized carbons (Fsp3) is 0.148. The molecule has 3 heterocycles. The van der Waals surface area contributed by atoms with Crippen molar-refractivity contribution >= 4 is 49.8 Å². The van der Waals surface area contributed by atoms with E-state index >= 15 is 0 Å². The number of anilines is 1. The zero-order valence-electron chi connectivity index (χ0n) is 20.3. The number of amides is 1. The van der Waals surface area contributed by atoms with Gasteiger partial charge in [-0.15, -0.1) is 0 Å². The van der Waals surface area contributed by atoms with Gasteiger partial charge in [0.15, 0.2) is 16.6 Å². The molecule has 1 atom stereocenters. The van der Waals surface area contributed by atoms with Crippen molar-refractivity contribution in [1.82, 2.24) is 4.98 Å². The van der Waals surface area contributed by atoms with E-state index in [2.05, 4.69) is 4.98 Å². The third kappa shape index (κ3) is 4.10. The average molecular weight is 546 g/mol. The minimum Gasteiger partial charge on any atom is -0.507 e. The molecule has 1 N–H and O–H groups in total. The molecule has 1 saturated heterocycles. The molecule has 2 aliphatic heterocycles. The summed E-state index contributed by atoms with van der Waals surface area (Å²) >= 11 is 1.18. The number of nitro groups is 1. The molecule has 0 spiro atoms. The monoisotopic (exact) mass is 545 g/mol. The quantitative estimate of drug-likeness (QED) is 0.125. The van der Waals surface area contributed by atoms with Crippen LogP contribution in [-0.4, -0.2) is 47.0 Å². The maximum Gasteiger partial charge on any atom is 0.301 e. The Labute approximate surface area is 224 Å². The van der Waals surface area contributed by atoms with E-state index in [9.17, 15) is 24.8 Å². The van der Waals surface area contributed by atoms with Gasteiger partial charge in [0.2, 0.25) is 0 Å². The number of nitro benzene ring substituents is 1. The smallest absolute Gasteiger partial charge is 0.301 e. The van der Waals surface area contributed by atoms with Crippen LogP contribution in [0.25, 0.3) is 16.0 Å². The highest BCUT2D eigenvalue weighted by molar-refractivity contribution is 7.22.